The van der Waals surface area contributed by atoms with Crippen molar-refractivity contribution in [3.8, 4) is 0 Å². The molecular formula is C19H21NO3. The molecule has 2 aromatic rings. The van der Waals surface area contributed by atoms with E-state index in [0.29, 0.717) is 11.1 Å². The van der Waals surface area contributed by atoms with Crippen molar-refractivity contribution in [3.63, 3.8) is 0 Å². The van der Waals surface area contributed by atoms with Crippen molar-refractivity contribution in [2.24, 2.45) is 0 Å². The summed E-state index contributed by atoms with van der Waals surface area (Å²) in [6.45, 7) is 2.09. The summed E-state index contributed by atoms with van der Waals surface area (Å²) in [4.78, 5) is 14.8. The maximum atomic E-state index is 12.7. The zero-order valence-electron chi connectivity index (χ0n) is 13.0. The quantitative estimate of drug-likeness (QED) is 0.862. The summed E-state index contributed by atoms with van der Waals surface area (Å²) in [5.41, 5.74) is -0.766. The Hall–Kier alpha value is -2.17. The van der Waals surface area contributed by atoms with Crippen LogP contribution in [0.5, 0.6) is 0 Å². The third-order valence-corrected chi connectivity index (χ3v) is 4.26. The predicted octanol–water partition coefficient (Wildman–Crippen LogP) is 2.52. The average molecular weight is 311 g/mol. The second-order valence-electron chi connectivity index (χ2n) is 5.83. The van der Waals surface area contributed by atoms with Crippen LogP contribution in [0, 0.1) is 0 Å². The van der Waals surface area contributed by atoms with E-state index in [2.05, 4.69) is 4.90 Å². The lowest BCUT2D eigenvalue weighted by molar-refractivity contribution is -0.166. The van der Waals surface area contributed by atoms with E-state index in [1.807, 2.05) is 12.1 Å². The van der Waals surface area contributed by atoms with Crippen molar-refractivity contribution in [2.75, 3.05) is 19.8 Å². The Morgan fingerprint density at radius 3 is 1.91 bits per heavy atom. The van der Waals surface area contributed by atoms with E-state index in [1.165, 1.54) is 0 Å². The third-order valence-electron chi connectivity index (χ3n) is 4.26. The zero-order valence-corrected chi connectivity index (χ0v) is 13.0. The highest BCUT2D eigenvalue weighted by Crippen LogP contribution is 2.31. The van der Waals surface area contributed by atoms with Gasteiger partial charge < -0.3 is 9.84 Å². The maximum Gasteiger partial charge on any atom is 0.349 e. The van der Waals surface area contributed by atoms with Gasteiger partial charge in [0.05, 0.1) is 0 Å². The molecule has 2 aromatic carbocycles. The second-order valence-corrected chi connectivity index (χ2v) is 5.83. The number of aliphatic hydroxyl groups is 1. The minimum atomic E-state index is -1.79. The first-order valence-corrected chi connectivity index (χ1v) is 7.94. The van der Waals surface area contributed by atoms with Crippen molar-refractivity contribution in [3.05, 3.63) is 71.8 Å². The molecule has 23 heavy (non-hydrogen) atoms. The van der Waals surface area contributed by atoms with Crippen molar-refractivity contribution in [1.29, 1.82) is 0 Å². The van der Waals surface area contributed by atoms with Crippen LogP contribution in [0.3, 0.4) is 0 Å². The largest absolute Gasteiger partial charge is 0.447 e. The van der Waals surface area contributed by atoms with E-state index < -0.39 is 11.6 Å². The van der Waals surface area contributed by atoms with Crippen LogP contribution >= 0.6 is 0 Å². The van der Waals surface area contributed by atoms with Crippen LogP contribution in [0.15, 0.2) is 60.7 Å². The summed E-state index contributed by atoms with van der Waals surface area (Å²) in [6, 6.07) is 17.9. The number of benzene rings is 2. The normalized spacial score (nSPS) is 15.5. The topological polar surface area (TPSA) is 49.8 Å². The van der Waals surface area contributed by atoms with E-state index in [0.717, 1.165) is 25.9 Å². The Labute approximate surface area is 136 Å². The predicted molar refractivity (Wildman–Crippen MR) is 87.6 cm³/mol. The number of nitrogens with zero attached hydrogens (tertiary/aromatic N) is 1. The SMILES string of the molecule is O=C(OCN1CCCC1)C(O)(c1ccccc1)c1ccccc1. The highest BCUT2D eigenvalue weighted by molar-refractivity contribution is 5.85. The lowest BCUT2D eigenvalue weighted by Crippen LogP contribution is -2.40. The summed E-state index contributed by atoms with van der Waals surface area (Å²) in [5, 5.41) is 11.2. The van der Waals surface area contributed by atoms with Crippen molar-refractivity contribution in [2.45, 2.75) is 18.4 Å². The molecular weight excluding hydrogens is 290 g/mol. The number of esters is 1. The molecule has 1 aliphatic heterocycles. The first-order valence-electron chi connectivity index (χ1n) is 7.94. The highest BCUT2D eigenvalue weighted by atomic mass is 16.6. The van der Waals surface area contributed by atoms with E-state index >= 15 is 0 Å². The molecule has 0 spiro atoms. The molecule has 1 fully saturated rings. The van der Waals surface area contributed by atoms with E-state index in [4.69, 9.17) is 4.74 Å². The van der Waals surface area contributed by atoms with E-state index in [1.54, 1.807) is 48.5 Å². The number of rotatable bonds is 5. The number of carbonyl (C=O) groups excluding carboxylic acids is 1. The molecule has 1 N–H and O–H groups in total. The number of likely N-dealkylation sites (tertiary alicyclic amines) is 1. The molecule has 0 aliphatic carbocycles. The van der Waals surface area contributed by atoms with Crippen molar-refractivity contribution < 1.29 is 14.6 Å². The van der Waals surface area contributed by atoms with Crippen LogP contribution in [0.4, 0.5) is 0 Å². The third kappa shape index (κ3) is 3.28. The molecule has 0 unspecified atom stereocenters. The molecule has 3 rings (SSSR count). The lowest BCUT2D eigenvalue weighted by atomic mass is 9.86. The van der Waals surface area contributed by atoms with Gasteiger partial charge in [0.1, 0.15) is 6.73 Å². The van der Waals surface area contributed by atoms with Crippen LogP contribution in [0.2, 0.25) is 0 Å². The smallest absolute Gasteiger partial charge is 0.349 e. The van der Waals surface area contributed by atoms with Gasteiger partial charge in [-0.1, -0.05) is 60.7 Å². The summed E-state index contributed by atoms with van der Waals surface area (Å²) in [7, 11) is 0. The minimum absolute atomic E-state index is 0.223. The second kappa shape index (κ2) is 6.94. The Bertz CT molecular complexity index is 597. The van der Waals surface area contributed by atoms with Gasteiger partial charge in [-0.2, -0.15) is 0 Å². The van der Waals surface area contributed by atoms with Gasteiger partial charge in [0.2, 0.25) is 5.60 Å². The average Bonchev–Trinajstić information content (AvgIpc) is 3.14. The number of hydrogen-bond donors (Lipinski definition) is 1. The fraction of sp³-hybridized carbons (Fsp3) is 0.316. The zero-order chi connectivity index (χ0) is 16.1. The fourth-order valence-electron chi connectivity index (χ4n) is 2.93. The van der Waals surface area contributed by atoms with Crippen LogP contribution in [-0.2, 0) is 15.1 Å². The maximum absolute atomic E-state index is 12.7. The Kier molecular flexibility index (Phi) is 4.74. The van der Waals surface area contributed by atoms with Crippen molar-refractivity contribution >= 4 is 5.97 Å². The Balaban J connectivity index is 1.87. The van der Waals surface area contributed by atoms with Gasteiger partial charge in [-0.25, -0.2) is 4.79 Å². The molecule has 0 atom stereocenters. The van der Waals surface area contributed by atoms with Gasteiger partial charge >= 0.3 is 5.97 Å². The van der Waals surface area contributed by atoms with Crippen LogP contribution in [0.25, 0.3) is 0 Å². The number of hydrogen-bond acceptors (Lipinski definition) is 4. The molecule has 0 radical (unpaired) electrons. The van der Waals surface area contributed by atoms with Gasteiger partial charge in [-0.15, -0.1) is 0 Å². The summed E-state index contributed by atoms with van der Waals surface area (Å²) in [5.74, 6) is -0.637. The molecule has 0 aromatic heterocycles. The standard InChI is InChI=1S/C19H21NO3/c21-18(23-15-20-13-7-8-14-20)19(22,16-9-3-1-4-10-16)17-11-5-2-6-12-17/h1-6,9-12,22H,7-8,13-15H2. The van der Waals surface area contributed by atoms with Crippen LogP contribution in [0.1, 0.15) is 24.0 Å². The van der Waals surface area contributed by atoms with Gasteiger partial charge in [0.25, 0.3) is 0 Å². The molecule has 1 saturated heterocycles. The van der Waals surface area contributed by atoms with Gasteiger partial charge in [0, 0.05) is 13.1 Å². The summed E-state index contributed by atoms with van der Waals surface area (Å²) < 4.78 is 5.44. The Morgan fingerprint density at radius 1 is 0.957 bits per heavy atom. The highest BCUT2D eigenvalue weighted by Gasteiger charge is 2.41. The molecule has 120 valence electrons. The number of ether oxygens (including phenoxy) is 1. The van der Waals surface area contributed by atoms with Gasteiger partial charge in [-0.05, 0) is 24.0 Å². The van der Waals surface area contributed by atoms with E-state index in [-0.39, 0.29) is 6.73 Å². The molecule has 0 amide bonds. The first kappa shape index (κ1) is 15.7. The lowest BCUT2D eigenvalue weighted by Gasteiger charge is -2.28. The van der Waals surface area contributed by atoms with E-state index in [9.17, 15) is 9.90 Å². The fourth-order valence-corrected chi connectivity index (χ4v) is 2.93. The van der Waals surface area contributed by atoms with Gasteiger partial charge in [-0.3, -0.25) is 4.90 Å². The first-order chi connectivity index (χ1) is 11.2. The van der Waals surface area contributed by atoms with Crippen LogP contribution in [-0.4, -0.2) is 35.8 Å². The van der Waals surface area contributed by atoms with Crippen molar-refractivity contribution in [1.82, 2.24) is 4.90 Å². The van der Waals surface area contributed by atoms with Gasteiger partial charge in [0.15, 0.2) is 0 Å². The molecule has 1 heterocycles. The molecule has 4 heteroatoms. The molecule has 0 bridgehead atoms. The Morgan fingerprint density at radius 2 is 1.43 bits per heavy atom. The summed E-state index contributed by atoms with van der Waals surface area (Å²) >= 11 is 0. The molecule has 4 nitrogen and oxygen atoms in total. The summed E-state index contributed by atoms with van der Waals surface area (Å²) in [6.07, 6.45) is 2.25. The number of carbonyl (C=O) groups is 1. The van der Waals surface area contributed by atoms with Crippen LogP contribution < -0.4 is 0 Å². The molecule has 1 aliphatic rings. The monoisotopic (exact) mass is 311 g/mol. The minimum Gasteiger partial charge on any atom is -0.447 e. The molecule has 0 saturated carbocycles.